The highest BCUT2D eigenvalue weighted by Crippen LogP contribution is 2.41. The molecular weight excluding hydrogens is 261 g/mol. The van der Waals surface area contributed by atoms with E-state index in [4.69, 9.17) is 0 Å². The summed E-state index contributed by atoms with van der Waals surface area (Å²) in [4.78, 5) is 15.3. The SMILES string of the molecule is O=C(O)c1c(C2CC2)nc2cc(C(F)(F)F)ccn12. The van der Waals surface area contributed by atoms with Crippen molar-refractivity contribution in [2.24, 2.45) is 0 Å². The standard InChI is InChI=1S/C12H9F3N2O2/c13-12(14,15)7-3-4-17-8(5-7)16-9(6-1-2-6)10(17)11(18)19/h3-6H,1-2H2,(H,18,19). The minimum absolute atomic E-state index is 0.0223. The van der Waals surface area contributed by atoms with Gasteiger partial charge in [0.1, 0.15) is 5.65 Å². The van der Waals surface area contributed by atoms with Crippen LogP contribution in [0.5, 0.6) is 0 Å². The number of pyridine rings is 1. The number of carboxylic acids is 1. The van der Waals surface area contributed by atoms with Crippen LogP contribution in [-0.4, -0.2) is 20.5 Å². The zero-order valence-corrected chi connectivity index (χ0v) is 9.61. The van der Waals surface area contributed by atoms with E-state index in [1.807, 2.05) is 0 Å². The predicted molar refractivity (Wildman–Crippen MR) is 59.1 cm³/mol. The molecule has 1 N–H and O–H groups in total. The fourth-order valence-electron chi connectivity index (χ4n) is 2.09. The van der Waals surface area contributed by atoms with Crippen molar-refractivity contribution in [3.63, 3.8) is 0 Å². The summed E-state index contributed by atoms with van der Waals surface area (Å²) in [5.41, 5.74) is -0.462. The highest BCUT2D eigenvalue weighted by Gasteiger charge is 2.34. The number of rotatable bonds is 2. The predicted octanol–water partition coefficient (Wildman–Crippen LogP) is 2.93. The van der Waals surface area contributed by atoms with E-state index < -0.39 is 17.7 Å². The lowest BCUT2D eigenvalue weighted by atomic mass is 10.2. The Morgan fingerprint density at radius 3 is 2.63 bits per heavy atom. The van der Waals surface area contributed by atoms with E-state index in [0.717, 1.165) is 31.2 Å². The molecule has 0 radical (unpaired) electrons. The minimum atomic E-state index is -4.46. The highest BCUT2D eigenvalue weighted by atomic mass is 19.4. The number of halogens is 3. The molecule has 2 aromatic rings. The van der Waals surface area contributed by atoms with Gasteiger partial charge >= 0.3 is 12.1 Å². The van der Waals surface area contributed by atoms with Gasteiger partial charge in [0.15, 0.2) is 5.69 Å². The van der Waals surface area contributed by atoms with Gasteiger partial charge in [-0.2, -0.15) is 13.2 Å². The van der Waals surface area contributed by atoms with E-state index in [0.29, 0.717) is 5.69 Å². The van der Waals surface area contributed by atoms with Crippen LogP contribution in [0.3, 0.4) is 0 Å². The van der Waals surface area contributed by atoms with Crippen LogP contribution in [0.2, 0.25) is 0 Å². The van der Waals surface area contributed by atoms with Gasteiger partial charge in [0.05, 0.1) is 11.3 Å². The summed E-state index contributed by atoms with van der Waals surface area (Å²) in [6.07, 6.45) is -1.69. The first-order valence-electron chi connectivity index (χ1n) is 5.70. The lowest BCUT2D eigenvalue weighted by molar-refractivity contribution is -0.137. The number of aromatic carboxylic acids is 1. The summed E-state index contributed by atoms with van der Waals surface area (Å²) in [5, 5.41) is 9.18. The fraction of sp³-hybridized carbons (Fsp3) is 0.333. The van der Waals surface area contributed by atoms with Crippen LogP contribution in [0.4, 0.5) is 13.2 Å². The van der Waals surface area contributed by atoms with Crippen LogP contribution < -0.4 is 0 Å². The molecule has 100 valence electrons. The Hall–Kier alpha value is -2.05. The summed E-state index contributed by atoms with van der Waals surface area (Å²) in [7, 11) is 0. The molecule has 2 aromatic heterocycles. The van der Waals surface area contributed by atoms with E-state index in [9.17, 15) is 23.1 Å². The van der Waals surface area contributed by atoms with Crippen LogP contribution in [0.15, 0.2) is 18.3 Å². The molecule has 0 saturated heterocycles. The van der Waals surface area contributed by atoms with E-state index in [2.05, 4.69) is 4.98 Å². The second kappa shape index (κ2) is 3.72. The van der Waals surface area contributed by atoms with E-state index in [-0.39, 0.29) is 17.3 Å². The summed E-state index contributed by atoms with van der Waals surface area (Å²) in [6, 6.07) is 1.73. The Morgan fingerprint density at radius 1 is 1.42 bits per heavy atom. The van der Waals surface area contributed by atoms with Crippen LogP contribution >= 0.6 is 0 Å². The van der Waals surface area contributed by atoms with Gasteiger partial charge in [0, 0.05) is 12.1 Å². The maximum atomic E-state index is 12.6. The molecular formula is C12H9F3N2O2. The number of nitrogens with zero attached hydrogens (tertiary/aromatic N) is 2. The molecule has 0 unspecified atom stereocenters. The minimum Gasteiger partial charge on any atom is -0.477 e. The Labute approximate surface area is 105 Å². The fourth-order valence-corrected chi connectivity index (χ4v) is 2.09. The zero-order chi connectivity index (χ0) is 13.8. The number of hydrogen-bond donors (Lipinski definition) is 1. The number of aromatic nitrogens is 2. The lowest BCUT2D eigenvalue weighted by Crippen LogP contribution is -2.07. The molecule has 7 heteroatoms. The van der Waals surface area contributed by atoms with Crippen molar-refractivity contribution in [1.29, 1.82) is 0 Å². The van der Waals surface area contributed by atoms with Gasteiger partial charge < -0.3 is 5.11 Å². The maximum Gasteiger partial charge on any atom is 0.416 e. The van der Waals surface area contributed by atoms with Crippen LogP contribution in [0, 0.1) is 0 Å². The molecule has 4 nitrogen and oxygen atoms in total. The molecule has 0 aliphatic heterocycles. The van der Waals surface area contributed by atoms with Crippen molar-refractivity contribution in [1.82, 2.24) is 9.38 Å². The van der Waals surface area contributed by atoms with Crippen molar-refractivity contribution in [3.8, 4) is 0 Å². The molecule has 2 heterocycles. The van der Waals surface area contributed by atoms with Crippen molar-refractivity contribution in [2.45, 2.75) is 24.9 Å². The molecule has 0 bridgehead atoms. The maximum absolute atomic E-state index is 12.6. The molecule has 0 amide bonds. The summed E-state index contributed by atoms with van der Waals surface area (Å²) in [6.45, 7) is 0. The Balaban J connectivity index is 2.23. The third-order valence-electron chi connectivity index (χ3n) is 3.15. The summed E-state index contributed by atoms with van der Waals surface area (Å²) < 4.78 is 39.0. The van der Waals surface area contributed by atoms with Gasteiger partial charge in [-0.1, -0.05) is 0 Å². The first kappa shape index (κ1) is 12.0. The van der Waals surface area contributed by atoms with Gasteiger partial charge in [0.25, 0.3) is 0 Å². The van der Waals surface area contributed by atoms with Gasteiger partial charge in [0.2, 0.25) is 0 Å². The molecule has 1 saturated carbocycles. The smallest absolute Gasteiger partial charge is 0.416 e. The summed E-state index contributed by atoms with van der Waals surface area (Å²) in [5.74, 6) is -1.12. The Kier molecular flexibility index (Phi) is 2.35. The largest absolute Gasteiger partial charge is 0.477 e. The molecule has 1 aliphatic carbocycles. The molecule has 1 aliphatic rings. The highest BCUT2D eigenvalue weighted by molar-refractivity contribution is 5.88. The Morgan fingerprint density at radius 2 is 2.11 bits per heavy atom. The zero-order valence-electron chi connectivity index (χ0n) is 9.61. The van der Waals surface area contributed by atoms with Gasteiger partial charge in [-0.25, -0.2) is 9.78 Å². The normalized spacial score (nSPS) is 15.9. The monoisotopic (exact) mass is 270 g/mol. The third-order valence-corrected chi connectivity index (χ3v) is 3.15. The number of hydrogen-bond acceptors (Lipinski definition) is 2. The average Bonchev–Trinajstić information content (AvgIpc) is 3.07. The number of carboxylic acid groups (broad SMARTS) is 1. The second-order valence-electron chi connectivity index (χ2n) is 4.57. The molecule has 0 atom stereocenters. The first-order chi connectivity index (χ1) is 8.88. The Bertz CT molecular complexity index is 671. The van der Waals surface area contributed by atoms with E-state index in [1.54, 1.807) is 0 Å². The number of imidazole rings is 1. The second-order valence-corrected chi connectivity index (χ2v) is 4.57. The van der Waals surface area contributed by atoms with Crippen LogP contribution in [0.1, 0.15) is 40.5 Å². The quantitative estimate of drug-likeness (QED) is 0.912. The van der Waals surface area contributed by atoms with Crippen molar-refractivity contribution < 1.29 is 23.1 Å². The number of carbonyl (C=O) groups is 1. The van der Waals surface area contributed by atoms with Crippen LogP contribution in [-0.2, 0) is 6.18 Å². The molecule has 3 rings (SSSR count). The van der Waals surface area contributed by atoms with Gasteiger partial charge in [-0.3, -0.25) is 4.40 Å². The number of alkyl halides is 3. The van der Waals surface area contributed by atoms with Crippen molar-refractivity contribution in [2.75, 3.05) is 0 Å². The average molecular weight is 270 g/mol. The topological polar surface area (TPSA) is 54.6 Å². The summed E-state index contributed by atoms with van der Waals surface area (Å²) >= 11 is 0. The van der Waals surface area contributed by atoms with E-state index in [1.165, 1.54) is 4.40 Å². The van der Waals surface area contributed by atoms with Crippen molar-refractivity contribution in [3.05, 3.63) is 35.3 Å². The number of fused-ring (bicyclic) bond motifs is 1. The lowest BCUT2D eigenvalue weighted by Gasteiger charge is -2.06. The third kappa shape index (κ3) is 1.94. The molecule has 0 spiro atoms. The van der Waals surface area contributed by atoms with Gasteiger partial charge in [-0.15, -0.1) is 0 Å². The van der Waals surface area contributed by atoms with Crippen LogP contribution in [0.25, 0.3) is 5.65 Å². The van der Waals surface area contributed by atoms with Crippen molar-refractivity contribution >= 4 is 11.6 Å². The molecule has 0 aromatic carbocycles. The van der Waals surface area contributed by atoms with Gasteiger partial charge in [-0.05, 0) is 25.0 Å². The molecule has 19 heavy (non-hydrogen) atoms. The first-order valence-corrected chi connectivity index (χ1v) is 5.70. The van der Waals surface area contributed by atoms with E-state index >= 15 is 0 Å². The molecule has 1 fully saturated rings.